The first-order chi connectivity index (χ1) is 8.22. The Labute approximate surface area is 97.7 Å². The van der Waals surface area contributed by atoms with Crippen molar-refractivity contribution in [3.05, 3.63) is 23.8 Å². The molecule has 0 saturated heterocycles. The third kappa shape index (κ3) is 2.54. The number of hydrazine groups is 1. The molecule has 0 radical (unpaired) electrons. The van der Waals surface area contributed by atoms with Gasteiger partial charge in [-0.05, 0) is 24.1 Å². The summed E-state index contributed by atoms with van der Waals surface area (Å²) in [4.78, 5) is 15.1. The van der Waals surface area contributed by atoms with E-state index in [1.165, 1.54) is 7.11 Å². The van der Waals surface area contributed by atoms with Crippen molar-refractivity contribution in [1.29, 1.82) is 0 Å². The quantitative estimate of drug-likeness (QED) is 0.470. The molecule has 0 spiro atoms. The third-order valence-corrected chi connectivity index (χ3v) is 2.42. The molecule has 0 aliphatic rings. The first kappa shape index (κ1) is 11.4. The lowest BCUT2D eigenvalue weighted by molar-refractivity contribution is -0.140. The summed E-state index contributed by atoms with van der Waals surface area (Å²) in [5, 5.41) is 0. The monoisotopic (exact) mass is 235 g/mol. The lowest BCUT2D eigenvalue weighted by atomic mass is 10.1. The predicted octanol–water partition coefficient (Wildman–Crippen LogP) is 1.22. The molecule has 0 unspecified atom stereocenters. The molecule has 1 heterocycles. The first-order valence-electron chi connectivity index (χ1n) is 5.16. The number of hydrogen-bond acceptors (Lipinski definition) is 6. The number of oxazole rings is 1. The molecule has 6 heteroatoms. The molecular formula is C11H13N3O3. The zero-order valence-electron chi connectivity index (χ0n) is 9.40. The maximum atomic E-state index is 11.0. The number of methoxy groups -OCH3 is 1. The van der Waals surface area contributed by atoms with Gasteiger partial charge in [-0.2, -0.15) is 4.98 Å². The number of nitrogens with one attached hydrogen (secondary N) is 1. The lowest BCUT2D eigenvalue weighted by Gasteiger charge is -1.99. The number of nitrogens with two attached hydrogens (primary N) is 1. The van der Waals surface area contributed by atoms with Crippen LogP contribution in [0, 0.1) is 0 Å². The van der Waals surface area contributed by atoms with Crippen LogP contribution in [0.2, 0.25) is 0 Å². The van der Waals surface area contributed by atoms with Gasteiger partial charge in [0.2, 0.25) is 0 Å². The molecule has 17 heavy (non-hydrogen) atoms. The molecule has 1 aromatic carbocycles. The van der Waals surface area contributed by atoms with E-state index in [1.807, 2.05) is 12.1 Å². The van der Waals surface area contributed by atoms with E-state index in [1.54, 1.807) is 6.07 Å². The van der Waals surface area contributed by atoms with Gasteiger partial charge >= 0.3 is 12.0 Å². The lowest BCUT2D eigenvalue weighted by Crippen LogP contribution is -2.06. The number of hydrogen-bond donors (Lipinski definition) is 2. The molecule has 0 amide bonds. The van der Waals surface area contributed by atoms with Gasteiger partial charge < -0.3 is 9.15 Å². The summed E-state index contributed by atoms with van der Waals surface area (Å²) in [6.07, 6.45) is 0.961. The van der Waals surface area contributed by atoms with Gasteiger partial charge in [0.05, 0.1) is 7.11 Å². The number of nitrogens with zero attached hydrogens (tertiary/aromatic N) is 1. The number of aromatic nitrogens is 1. The molecule has 0 bridgehead atoms. The van der Waals surface area contributed by atoms with Crippen molar-refractivity contribution in [2.45, 2.75) is 12.8 Å². The maximum absolute atomic E-state index is 11.0. The number of esters is 1. The smallest absolute Gasteiger partial charge is 0.310 e. The average molecular weight is 235 g/mol. The van der Waals surface area contributed by atoms with Crippen molar-refractivity contribution in [3.8, 4) is 0 Å². The van der Waals surface area contributed by atoms with Crippen LogP contribution in [0.4, 0.5) is 6.01 Å². The van der Waals surface area contributed by atoms with Gasteiger partial charge in [0.1, 0.15) is 5.52 Å². The molecule has 2 aromatic rings. The summed E-state index contributed by atoms with van der Waals surface area (Å²) in [5.41, 5.74) is 4.70. The Morgan fingerprint density at radius 2 is 2.41 bits per heavy atom. The summed E-state index contributed by atoms with van der Waals surface area (Å²) in [5.74, 6) is 4.97. The minimum absolute atomic E-state index is 0.227. The van der Waals surface area contributed by atoms with Gasteiger partial charge in [-0.1, -0.05) is 6.07 Å². The third-order valence-electron chi connectivity index (χ3n) is 2.42. The molecule has 6 nitrogen and oxygen atoms in total. The van der Waals surface area contributed by atoms with E-state index >= 15 is 0 Å². The summed E-state index contributed by atoms with van der Waals surface area (Å²) < 4.78 is 9.86. The highest BCUT2D eigenvalue weighted by Gasteiger charge is 2.06. The molecule has 90 valence electrons. The number of aryl methyl sites for hydroxylation is 1. The van der Waals surface area contributed by atoms with Gasteiger partial charge in [0, 0.05) is 6.42 Å². The van der Waals surface area contributed by atoms with Crippen LogP contribution in [0.1, 0.15) is 12.0 Å². The van der Waals surface area contributed by atoms with Crippen molar-refractivity contribution >= 4 is 23.1 Å². The zero-order chi connectivity index (χ0) is 12.3. The summed E-state index contributed by atoms with van der Waals surface area (Å²) in [6, 6.07) is 5.82. The fourth-order valence-electron chi connectivity index (χ4n) is 1.54. The van der Waals surface area contributed by atoms with Gasteiger partial charge in [0.25, 0.3) is 0 Å². The van der Waals surface area contributed by atoms with Crippen molar-refractivity contribution in [2.24, 2.45) is 5.84 Å². The molecule has 0 aliphatic carbocycles. The molecule has 0 aliphatic heterocycles. The number of fused-ring (bicyclic) bond motifs is 1. The molecule has 2 rings (SSSR count). The van der Waals surface area contributed by atoms with Crippen LogP contribution in [-0.2, 0) is 16.0 Å². The van der Waals surface area contributed by atoms with E-state index in [4.69, 9.17) is 10.3 Å². The van der Waals surface area contributed by atoms with Crippen LogP contribution < -0.4 is 11.3 Å². The van der Waals surface area contributed by atoms with E-state index in [0.29, 0.717) is 23.9 Å². The Morgan fingerprint density at radius 1 is 1.59 bits per heavy atom. The van der Waals surface area contributed by atoms with Gasteiger partial charge in [-0.25, -0.2) is 5.84 Å². The highest BCUT2D eigenvalue weighted by Crippen LogP contribution is 2.20. The van der Waals surface area contributed by atoms with Crippen LogP contribution in [-0.4, -0.2) is 18.1 Å². The minimum atomic E-state index is -0.227. The van der Waals surface area contributed by atoms with Gasteiger partial charge in [-0.15, -0.1) is 0 Å². The molecular weight excluding hydrogens is 222 g/mol. The molecule has 3 N–H and O–H groups in total. The second-order valence-electron chi connectivity index (χ2n) is 3.54. The fraction of sp³-hybridized carbons (Fsp3) is 0.273. The highest BCUT2D eigenvalue weighted by molar-refractivity contribution is 5.75. The highest BCUT2D eigenvalue weighted by atomic mass is 16.5. The van der Waals surface area contributed by atoms with Gasteiger partial charge in [0.15, 0.2) is 5.58 Å². The summed E-state index contributed by atoms with van der Waals surface area (Å²) >= 11 is 0. The maximum Gasteiger partial charge on any atom is 0.310 e. The second kappa shape index (κ2) is 4.84. The Hall–Kier alpha value is -2.08. The van der Waals surface area contributed by atoms with E-state index in [9.17, 15) is 4.79 Å². The zero-order valence-corrected chi connectivity index (χ0v) is 9.40. The van der Waals surface area contributed by atoms with Crippen LogP contribution in [0.5, 0.6) is 0 Å². The topological polar surface area (TPSA) is 90.4 Å². The number of benzene rings is 1. The van der Waals surface area contributed by atoms with Crippen molar-refractivity contribution < 1.29 is 13.9 Å². The Balaban J connectivity index is 2.16. The SMILES string of the molecule is COC(=O)CCc1ccc2oc(NN)nc2c1. The summed E-state index contributed by atoms with van der Waals surface area (Å²) in [6.45, 7) is 0. The number of carbonyl (C=O) groups excluding carboxylic acids is 1. The largest absolute Gasteiger partial charge is 0.469 e. The van der Waals surface area contributed by atoms with E-state index in [0.717, 1.165) is 5.56 Å². The minimum Gasteiger partial charge on any atom is -0.469 e. The number of nitrogen functional groups attached to an aromatic ring is 1. The number of rotatable bonds is 4. The van der Waals surface area contributed by atoms with Gasteiger partial charge in [-0.3, -0.25) is 10.2 Å². The number of anilines is 1. The normalized spacial score (nSPS) is 10.5. The first-order valence-corrected chi connectivity index (χ1v) is 5.16. The Kier molecular flexibility index (Phi) is 3.24. The predicted molar refractivity (Wildman–Crippen MR) is 62.2 cm³/mol. The van der Waals surface area contributed by atoms with Crippen LogP contribution >= 0.6 is 0 Å². The van der Waals surface area contributed by atoms with Crippen LogP contribution in [0.3, 0.4) is 0 Å². The summed E-state index contributed by atoms with van der Waals surface area (Å²) in [7, 11) is 1.38. The molecule has 0 saturated carbocycles. The fourth-order valence-corrected chi connectivity index (χ4v) is 1.54. The Bertz CT molecular complexity index is 536. The van der Waals surface area contributed by atoms with E-state index in [2.05, 4.69) is 15.1 Å². The standard InChI is InChI=1S/C11H13N3O3/c1-16-10(15)5-3-7-2-4-9-8(6-7)13-11(14-12)17-9/h2,4,6H,3,5,12H2,1H3,(H,13,14). The van der Waals surface area contributed by atoms with Crippen molar-refractivity contribution in [1.82, 2.24) is 4.98 Å². The molecule has 1 aromatic heterocycles. The van der Waals surface area contributed by atoms with Crippen molar-refractivity contribution in [3.63, 3.8) is 0 Å². The van der Waals surface area contributed by atoms with Crippen molar-refractivity contribution in [2.75, 3.05) is 12.5 Å². The second-order valence-corrected chi connectivity index (χ2v) is 3.54. The van der Waals surface area contributed by atoms with Crippen LogP contribution in [0.25, 0.3) is 11.1 Å². The average Bonchev–Trinajstić information content (AvgIpc) is 2.77. The van der Waals surface area contributed by atoms with E-state index < -0.39 is 0 Å². The van der Waals surface area contributed by atoms with Crippen LogP contribution in [0.15, 0.2) is 22.6 Å². The molecule has 0 fully saturated rings. The Morgan fingerprint density at radius 3 is 3.12 bits per heavy atom. The van der Waals surface area contributed by atoms with E-state index in [-0.39, 0.29) is 12.0 Å². The number of ether oxygens (including phenoxy) is 1. The number of carbonyl (C=O) groups is 1. The molecule has 0 atom stereocenters.